The minimum atomic E-state index is -0.500. The van der Waals surface area contributed by atoms with E-state index in [0.29, 0.717) is 19.4 Å². The number of hydrogen-bond acceptors (Lipinski definition) is 4. The lowest BCUT2D eigenvalue weighted by Gasteiger charge is -2.15. The molecule has 0 fully saturated rings. The van der Waals surface area contributed by atoms with Crippen LogP contribution < -0.4 is 11.1 Å². The predicted molar refractivity (Wildman–Crippen MR) is 71.2 cm³/mol. The molecular formula is C11H22N2O3S. The van der Waals surface area contributed by atoms with E-state index in [9.17, 15) is 14.4 Å². The van der Waals surface area contributed by atoms with Crippen molar-refractivity contribution in [3.05, 3.63) is 0 Å². The zero-order valence-corrected chi connectivity index (χ0v) is 11.4. The first kappa shape index (κ1) is 18.5. The van der Waals surface area contributed by atoms with Gasteiger partial charge < -0.3 is 15.8 Å². The van der Waals surface area contributed by atoms with Crippen LogP contribution in [0.3, 0.4) is 0 Å². The van der Waals surface area contributed by atoms with Crippen molar-refractivity contribution in [3.63, 3.8) is 0 Å². The van der Waals surface area contributed by atoms with Gasteiger partial charge in [0.15, 0.2) is 5.78 Å². The second kappa shape index (κ2) is 10.3. The Hall–Kier alpha value is -0.880. The van der Waals surface area contributed by atoms with Crippen molar-refractivity contribution in [1.29, 1.82) is 0 Å². The molecule has 100 valence electrons. The summed E-state index contributed by atoms with van der Waals surface area (Å²) in [4.78, 5) is 33.3. The molecule has 0 radical (unpaired) electrons. The summed E-state index contributed by atoms with van der Waals surface area (Å²) >= 11 is 0. The molecule has 0 heterocycles. The first-order chi connectivity index (χ1) is 7.47. The largest absolute Gasteiger partial charge is 0.347 e. The summed E-state index contributed by atoms with van der Waals surface area (Å²) in [6, 6.07) is -0.500. The maximum absolute atomic E-state index is 11.7. The van der Waals surface area contributed by atoms with E-state index in [2.05, 4.69) is 5.32 Å². The Morgan fingerprint density at radius 3 is 2.18 bits per heavy atom. The lowest BCUT2D eigenvalue weighted by atomic mass is 10.0. The van der Waals surface area contributed by atoms with Crippen LogP contribution in [0.25, 0.3) is 0 Å². The maximum Gasteiger partial charge on any atom is 0.217 e. The van der Waals surface area contributed by atoms with Gasteiger partial charge in [-0.3, -0.25) is 9.59 Å². The van der Waals surface area contributed by atoms with Crippen LogP contribution in [0.4, 0.5) is 0 Å². The SMILES string of the molecule is CC(=O)CCC(=O)[C@H](CCCN)NC(C)=O.S. The first-order valence-corrected chi connectivity index (χ1v) is 5.46. The molecule has 0 aliphatic heterocycles. The number of rotatable bonds is 8. The monoisotopic (exact) mass is 262 g/mol. The van der Waals surface area contributed by atoms with Gasteiger partial charge in [0.25, 0.3) is 0 Å². The third-order valence-corrected chi connectivity index (χ3v) is 2.19. The third-order valence-electron chi connectivity index (χ3n) is 2.19. The van der Waals surface area contributed by atoms with E-state index in [0.717, 1.165) is 0 Å². The molecular weight excluding hydrogens is 240 g/mol. The number of Topliss-reactive ketones (excluding diaryl/α,β-unsaturated/α-hetero) is 2. The Bertz CT molecular complexity index is 269. The zero-order valence-electron chi connectivity index (χ0n) is 10.4. The average Bonchev–Trinajstić information content (AvgIpc) is 2.20. The van der Waals surface area contributed by atoms with Gasteiger partial charge in [-0.15, -0.1) is 0 Å². The molecule has 1 atom stereocenters. The molecule has 5 nitrogen and oxygen atoms in total. The Morgan fingerprint density at radius 1 is 1.18 bits per heavy atom. The molecule has 0 aromatic rings. The summed E-state index contributed by atoms with van der Waals surface area (Å²) in [6.45, 7) is 3.30. The van der Waals surface area contributed by atoms with Gasteiger partial charge in [-0.1, -0.05) is 0 Å². The molecule has 0 rings (SSSR count). The normalized spacial score (nSPS) is 11.2. The van der Waals surface area contributed by atoms with Gasteiger partial charge in [0.1, 0.15) is 5.78 Å². The summed E-state index contributed by atoms with van der Waals surface area (Å²) in [7, 11) is 0. The van der Waals surface area contributed by atoms with E-state index in [1.165, 1.54) is 13.8 Å². The van der Waals surface area contributed by atoms with E-state index >= 15 is 0 Å². The molecule has 0 aliphatic rings. The van der Waals surface area contributed by atoms with Gasteiger partial charge in [0.2, 0.25) is 5.91 Å². The topological polar surface area (TPSA) is 89.3 Å². The summed E-state index contributed by atoms with van der Waals surface area (Å²) in [5, 5.41) is 2.58. The van der Waals surface area contributed by atoms with Crippen LogP contribution in [-0.4, -0.2) is 30.1 Å². The minimum absolute atomic E-state index is 0. The molecule has 0 aliphatic carbocycles. The van der Waals surface area contributed by atoms with Crippen LogP contribution in [0.2, 0.25) is 0 Å². The highest BCUT2D eigenvalue weighted by molar-refractivity contribution is 7.59. The average molecular weight is 262 g/mol. The van der Waals surface area contributed by atoms with Crippen LogP contribution in [0.1, 0.15) is 39.5 Å². The van der Waals surface area contributed by atoms with E-state index in [1.54, 1.807) is 0 Å². The minimum Gasteiger partial charge on any atom is -0.347 e. The van der Waals surface area contributed by atoms with Crippen molar-refractivity contribution in [3.8, 4) is 0 Å². The standard InChI is InChI=1S/C11H20N2O3.H2S/c1-8(14)5-6-11(16)10(4-3-7-12)13-9(2)15;/h10H,3-7,12H2,1-2H3,(H,13,15);1H2/t10-;/m0./s1. The molecule has 0 aromatic heterocycles. The van der Waals surface area contributed by atoms with Crippen molar-refractivity contribution >= 4 is 31.0 Å². The molecule has 0 spiro atoms. The molecule has 1 amide bonds. The summed E-state index contributed by atoms with van der Waals surface area (Å²) in [5.74, 6) is -0.356. The lowest BCUT2D eigenvalue weighted by molar-refractivity contribution is -0.128. The van der Waals surface area contributed by atoms with Crippen molar-refractivity contribution in [2.24, 2.45) is 5.73 Å². The van der Waals surface area contributed by atoms with Crippen LogP contribution in [0, 0.1) is 0 Å². The highest BCUT2D eigenvalue weighted by atomic mass is 32.1. The van der Waals surface area contributed by atoms with Gasteiger partial charge in [-0.25, -0.2) is 0 Å². The van der Waals surface area contributed by atoms with Crippen LogP contribution in [-0.2, 0) is 14.4 Å². The molecule has 0 saturated carbocycles. The number of ketones is 2. The lowest BCUT2D eigenvalue weighted by Crippen LogP contribution is -2.40. The van der Waals surface area contributed by atoms with Crippen LogP contribution in [0.15, 0.2) is 0 Å². The summed E-state index contributed by atoms with van der Waals surface area (Å²) < 4.78 is 0. The second-order valence-corrected chi connectivity index (χ2v) is 3.85. The first-order valence-electron chi connectivity index (χ1n) is 5.46. The van der Waals surface area contributed by atoms with Crippen LogP contribution in [0.5, 0.6) is 0 Å². The van der Waals surface area contributed by atoms with Gasteiger partial charge in [-0.2, -0.15) is 13.5 Å². The molecule has 6 heteroatoms. The zero-order chi connectivity index (χ0) is 12.6. The fraction of sp³-hybridized carbons (Fsp3) is 0.727. The van der Waals surface area contributed by atoms with Gasteiger partial charge in [0, 0.05) is 19.8 Å². The fourth-order valence-electron chi connectivity index (χ4n) is 1.35. The maximum atomic E-state index is 11.7. The van der Waals surface area contributed by atoms with Gasteiger partial charge in [-0.05, 0) is 26.3 Å². The van der Waals surface area contributed by atoms with Crippen molar-refractivity contribution in [1.82, 2.24) is 5.32 Å². The quantitative estimate of drug-likeness (QED) is 0.657. The summed E-state index contributed by atoms with van der Waals surface area (Å²) in [5.41, 5.74) is 5.35. The molecule has 3 N–H and O–H groups in total. The van der Waals surface area contributed by atoms with Gasteiger partial charge in [0.05, 0.1) is 6.04 Å². The second-order valence-electron chi connectivity index (χ2n) is 3.85. The molecule has 0 unspecified atom stereocenters. The Morgan fingerprint density at radius 2 is 1.76 bits per heavy atom. The van der Waals surface area contributed by atoms with E-state index in [-0.39, 0.29) is 43.8 Å². The Labute approximate surface area is 109 Å². The smallest absolute Gasteiger partial charge is 0.217 e. The van der Waals surface area contributed by atoms with E-state index < -0.39 is 6.04 Å². The third kappa shape index (κ3) is 10.0. The van der Waals surface area contributed by atoms with Crippen molar-refractivity contribution in [2.45, 2.75) is 45.6 Å². The summed E-state index contributed by atoms with van der Waals surface area (Å²) in [6.07, 6.45) is 1.63. The number of hydrogen-bond donors (Lipinski definition) is 2. The number of carbonyl (C=O) groups is 3. The predicted octanol–water partition coefficient (Wildman–Crippen LogP) is 0.281. The molecule has 0 saturated heterocycles. The van der Waals surface area contributed by atoms with E-state index in [1.807, 2.05) is 0 Å². The number of nitrogens with one attached hydrogen (secondary N) is 1. The van der Waals surface area contributed by atoms with Crippen molar-refractivity contribution < 1.29 is 14.4 Å². The van der Waals surface area contributed by atoms with Crippen molar-refractivity contribution in [2.75, 3.05) is 6.54 Å². The van der Waals surface area contributed by atoms with Crippen LogP contribution >= 0.6 is 13.5 Å². The molecule has 0 bridgehead atoms. The number of nitrogens with two attached hydrogens (primary N) is 1. The number of carbonyl (C=O) groups excluding carboxylic acids is 3. The highest BCUT2D eigenvalue weighted by Crippen LogP contribution is 2.03. The molecule has 0 aromatic carbocycles. The number of amides is 1. The highest BCUT2D eigenvalue weighted by Gasteiger charge is 2.18. The van der Waals surface area contributed by atoms with E-state index in [4.69, 9.17) is 5.73 Å². The molecule has 17 heavy (non-hydrogen) atoms. The van der Waals surface area contributed by atoms with Gasteiger partial charge >= 0.3 is 0 Å². The Kier molecular flexibility index (Phi) is 11.2. The Balaban J connectivity index is 0. The fourth-order valence-corrected chi connectivity index (χ4v) is 1.35.